The van der Waals surface area contributed by atoms with Gasteiger partial charge in [-0.05, 0) is 46.4 Å². The molecule has 0 spiro atoms. The molecule has 2 aromatic carbocycles. The molecule has 0 saturated heterocycles. The Morgan fingerprint density at radius 2 is 0.915 bits per heavy atom. The molecule has 0 atom stereocenters. The molecule has 0 saturated carbocycles. The Kier molecular flexibility index (Phi) is 20.0. The maximum atomic E-state index is 7.00. The molecule has 0 fully saturated rings. The Hall–Kier alpha value is -2.26. The number of aliphatic hydroxyl groups is 2. The van der Waals surface area contributed by atoms with E-state index in [1.54, 1.807) is 0 Å². The number of aliphatic hydroxyl groups excluding tert-OH is 2. The van der Waals surface area contributed by atoms with Crippen molar-refractivity contribution in [1.29, 1.82) is 0 Å². The average molecular weight is 849 g/mol. The second-order valence-corrected chi connectivity index (χ2v) is 24.8. The van der Waals surface area contributed by atoms with Crippen molar-refractivity contribution in [2.45, 2.75) is 93.7 Å². The van der Waals surface area contributed by atoms with Gasteiger partial charge >= 0.3 is 0 Å². The molecule has 7 heteroatoms. The molecule has 4 rings (SSSR count). The molecule has 47 heavy (non-hydrogen) atoms. The largest absolute Gasteiger partial charge is 0.400 e. The van der Waals surface area contributed by atoms with Gasteiger partial charge < -0.3 is 20.2 Å². The number of hydrogen-bond donors (Lipinski definition) is 2. The summed E-state index contributed by atoms with van der Waals surface area (Å²) in [7, 11) is -0.700. The summed E-state index contributed by atoms with van der Waals surface area (Å²) in [6.45, 7) is 27.7. The molecular weight excluding hydrogens is 789 g/mol. The third kappa shape index (κ3) is 14.8. The van der Waals surface area contributed by atoms with Crippen LogP contribution in [-0.2, 0) is 32.9 Å². The Bertz CT molecular complexity index is 1350. The Balaban J connectivity index is 0.000000799. The molecule has 2 heterocycles. The minimum absolute atomic E-state index is 0. The Morgan fingerprint density at radius 3 is 1.15 bits per heavy atom. The number of pyridine rings is 2. The molecule has 1 radical (unpaired) electrons. The number of rotatable bonds is 8. The molecule has 0 aliphatic rings. The summed E-state index contributed by atoms with van der Waals surface area (Å²) in [4.78, 5) is 9.43. The van der Waals surface area contributed by atoms with Gasteiger partial charge in [-0.3, -0.25) is 0 Å². The summed E-state index contributed by atoms with van der Waals surface area (Å²) in [5.74, 6) is 1.33. The smallest absolute Gasteiger partial charge is 0.0798 e. The molecule has 0 aliphatic carbocycles. The molecule has 2 aromatic heterocycles. The van der Waals surface area contributed by atoms with Gasteiger partial charge in [-0.1, -0.05) is 104 Å². The molecule has 261 valence electrons. The fourth-order valence-corrected chi connectivity index (χ4v) is 8.36. The van der Waals surface area contributed by atoms with Crippen molar-refractivity contribution in [2.75, 3.05) is 14.2 Å². The van der Waals surface area contributed by atoms with Crippen molar-refractivity contribution < 1.29 is 30.3 Å². The number of nitrogens with zero attached hydrogens (tertiary/aromatic N) is 2. The van der Waals surface area contributed by atoms with E-state index in [2.05, 4.69) is 142 Å². The average Bonchev–Trinajstić information content (AvgIpc) is 2.98. The van der Waals surface area contributed by atoms with Gasteiger partial charge in [0.1, 0.15) is 0 Å². The first-order valence-electron chi connectivity index (χ1n) is 16.4. The van der Waals surface area contributed by atoms with E-state index in [9.17, 15) is 0 Å². The molecule has 4 nitrogen and oxygen atoms in total. The van der Waals surface area contributed by atoms with Gasteiger partial charge in [0.15, 0.2) is 0 Å². The fraction of sp³-hybridized carbons (Fsp3) is 0.450. The predicted molar refractivity (Wildman–Crippen MR) is 206 cm³/mol. The van der Waals surface area contributed by atoms with Crippen molar-refractivity contribution in [2.24, 2.45) is 11.8 Å². The van der Waals surface area contributed by atoms with Crippen LogP contribution in [0.4, 0.5) is 0 Å². The van der Waals surface area contributed by atoms with Crippen LogP contribution in [-0.4, -0.2) is 50.5 Å². The van der Waals surface area contributed by atoms with Gasteiger partial charge in [-0.2, -0.15) is 0 Å². The second-order valence-electron chi connectivity index (χ2n) is 14.7. The quantitative estimate of drug-likeness (QED) is 0.138. The minimum atomic E-state index is -1.35. The molecule has 2 N–H and O–H groups in total. The fourth-order valence-electron chi connectivity index (χ4n) is 5.18. The van der Waals surface area contributed by atoms with Crippen LogP contribution < -0.4 is 10.4 Å². The molecule has 4 aromatic rings. The van der Waals surface area contributed by atoms with Gasteiger partial charge in [0.2, 0.25) is 0 Å². The summed E-state index contributed by atoms with van der Waals surface area (Å²) in [6.07, 6.45) is 6.49. The number of hydrogen-bond acceptors (Lipinski definition) is 4. The van der Waals surface area contributed by atoms with Gasteiger partial charge in [-0.15, -0.1) is 70.8 Å². The third-order valence-corrected chi connectivity index (χ3v) is 11.5. The van der Waals surface area contributed by atoms with Gasteiger partial charge in [-0.25, -0.2) is 0 Å². The van der Waals surface area contributed by atoms with E-state index in [0.29, 0.717) is 11.8 Å². The summed E-state index contributed by atoms with van der Waals surface area (Å²) >= 11 is 0. The Morgan fingerprint density at radius 1 is 0.596 bits per heavy atom. The van der Waals surface area contributed by atoms with E-state index in [1.165, 1.54) is 32.6 Å². The first-order valence-corrected chi connectivity index (χ1v) is 23.4. The normalized spacial score (nSPS) is 10.9. The van der Waals surface area contributed by atoms with Crippen LogP contribution in [0, 0.1) is 37.8 Å². The topological polar surface area (TPSA) is 66.2 Å². The molecule has 0 bridgehead atoms. The SMILES string of the molecule is CO.CO.Cc1c[c-]c(-c2cc(CC(C)C)c([Si](C)(C)C)cn2)cc1.Cc1c[c-]c(-c2cc(CC(C)C)c([Si](C)(C)C)cn2)cc1.[Ir]. The van der Waals surface area contributed by atoms with Crippen LogP contribution in [0.3, 0.4) is 0 Å². The van der Waals surface area contributed by atoms with Crippen LogP contribution in [0.15, 0.2) is 60.9 Å². The van der Waals surface area contributed by atoms with Crippen molar-refractivity contribution in [1.82, 2.24) is 9.97 Å². The summed E-state index contributed by atoms with van der Waals surface area (Å²) in [6, 6.07) is 23.8. The zero-order chi connectivity index (χ0) is 35.2. The first-order chi connectivity index (χ1) is 21.5. The van der Waals surface area contributed by atoms with Crippen molar-refractivity contribution in [3.63, 3.8) is 0 Å². The second kappa shape index (κ2) is 21.0. The van der Waals surface area contributed by atoms with E-state index in [1.807, 2.05) is 12.1 Å². The van der Waals surface area contributed by atoms with Crippen molar-refractivity contribution in [3.05, 3.63) is 95.3 Å². The predicted octanol–water partition coefficient (Wildman–Crippen LogP) is 8.42. The van der Waals surface area contributed by atoms with E-state index >= 15 is 0 Å². The van der Waals surface area contributed by atoms with Crippen LogP contribution in [0.2, 0.25) is 39.3 Å². The van der Waals surface area contributed by atoms with Crippen LogP contribution in [0.5, 0.6) is 0 Å². The minimum Gasteiger partial charge on any atom is -0.400 e. The van der Waals surface area contributed by atoms with Crippen LogP contribution in [0.25, 0.3) is 22.5 Å². The van der Waals surface area contributed by atoms with Gasteiger partial charge in [0.05, 0.1) is 16.1 Å². The molecular formula is C40H60IrN2O2Si2-2. The Labute approximate surface area is 302 Å². The van der Waals surface area contributed by atoms with Gasteiger partial charge in [0, 0.05) is 46.7 Å². The maximum absolute atomic E-state index is 7.00. The monoisotopic (exact) mass is 849 g/mol. The molecule has 0 amide bonds. The number of aryl methyl sites for hydroxylation is 2. The maximum Gasteiger partial charge on any atom is 0.0798 e. The summed E-state index contributed by atoms with van der Waals surface area (Å²) < 4.78 is 0. The van der Waals surface area contributed by atoms with Crippen LogP contribution in [0.1, 0.15) is 49.9 Å². The van der Waals surface area contributed by atoms with Gasteiger partial charge in [0.25, 0.3) is 0 Å². The summed E-state index contributed by atoms with van der Waals surface area (Å²) in [5, 5.41) is 17.0. The van der Waals surface area contributed by atoms with E-state index in [-0.39, 0.29) is 20.1 Å². The third-order valence-electron chi connectivity index (χ3n) is 7.34. The van der Waals surface area contributed by atoms with Crippen molar-refractivity contribution >= 4 is 26.5 Å². The summed E-state index contributed by atoms with van der Waals surface area (Å²) in [5.41, 5.74) is 9.70. The molecule has 0 aliphatic heterocycles. The van der Waals surface area contributed by atoms with E-state index in [4.69, 9.17) is 20.2 Å². The van der Waals surface area contributed by atoms with Crippen LogP contribution >= 0.6 is 0 Å². The molecule has 0 unspecified atom stereocenters. The van der Waals surface area contributed by atoms with E-state index in [0.717, 1.165) is 49.6 Å². The zero-order valence-corrected chi connectivity index (χ0v) is 35.9. The zero-order valence-electron chi connectivity index (χ0n) is 31.5. The first kappa shape index (κ1) is 44.7. The standard InChI is InChI=1S/2C19H26NSi.2CH4O.Ir/c2*1-14(2)11-17-12-18(16-9-7-15(3)8-10-16)20-13-19(17)21(4,5)6;2*1-2;/h2*7-9,12-14H,11H2,1-6H3;2*2H,1H3;/q2*-1;;;. The number of aromatic nitrogens is 2. The number of benzene rings is 2. The van der Waals surface area contributed by atoms with E-state index < -0.39 is 16.1 Å². The van der Waals surface area contributed by atoms with Crippen molar-refractivity contribution in [3.8, 4) is 22.5 Å².